The maximum atomic E-state index is 12.1. The summed E-state index contributed by atoms with van der Waals surface area (Å²) in [6.45, 7) is 0. The quantitative estimate of drug-likeness (QED) is 0.902. The number of carbonyl (C=O) groups is 1. The van der Waals surface area contributed by atoms with Crippen molar-refractivity contribution in [2.75, 3.05) is 7.11 Å². The highest BCUT2D eigenvalue weighted by molar-refractivity contribution is 5.79. The predicted molar refractivity (Wildman–Crippen MR) is 74.1 cm³/mol. The zero-order valence-corrected chi connectivity index (χ0v) is 11.4. The summed E-state index contributed by atoms with van der Waals surface area (Å²) in [6, 6.07) is 8.16. The number of hydrogen-bond acceptors (Lipinski definition) is 2. The lowest BCUT2D eigenvalue weighted by molar-refractivity contribution is -0.121. The van der Waals surface area contributed by atoms with Crippen LogP contribution in [0.5, 0.6) is 5.75 Å². The molecule has 1 N–H and O–H groups in total. The van der Waals surface area contributed by atoms with E-state index in [1.807, 2.05) is 24.3 Å². The fourth-order valence-corrected chi connectivity index (χ4v) is 3.61. The maximum absolute atomic E-state index is 12.1. The van der Waals surface area contributed by atoms with Gasteiger partial charge < -0.3 is 10.1 Å². The van der Waals surface area contributed by atoms with Crippen molar-refractivity contribution in [3.8, 4) is 5.75 Å². The first-order valence-corrected chi connectivity index (χ1v) is 7.17. The molecular formula is C16H21NO2. The molecule has 0 aromatic heterocycles. The zero-order valence-electron chi connectivity index (χ0n) is 11.4. The number of benzene rings is 1. The molecule has 0 aliphatic heterocycles. The average Bonchev–Trinajstić information content (AvgIpc) is 3.02. The van der Waals surface area contributed by atoms with Gasteiger partial charge in [0, 0.05) is 6.04 Å². The van der Waals surface area contributed by atoms with E-state index in [1.165, 1.54) is 25.7 Å². The van der Waals surface area contributed by atoms with Gasteiger partial charge in [-0.1, -0.05) is 18.6 Å². The Morgan fingerprint density at radius 2 is 2.05 bits per heavy atom. The average molecular weight is 259 g/mol. The summed E-state index contributed by atoms with van der Waals surface area (Å²) >= 11 is 0. The summed E-state index contributed by atoms with van der Waals surface area (Å²) in [6.07, 6.45) is 5.66. The van der Waals surface area contributed by atoms with Crippen LogP contribution in [0, 0.1) is 11.8 Å². The number of amides is 1. The molecule has 1 amide bonds. The number of methoxy groups -OCH3 is 1. The highest BCUT2D eigenvalue weighted by Crippen LogP contribution is 2.44. The van der Waals surface area contributed by atoms with Gasteiger partial charge in [-0.25, -0.2) is 0 Å². The molecule has 19 heavy (non-hydrogen) atoms. The van der Waals surface area contributed by atoms with Crippen LogP contribution < -0.4 is 10.1 Å². The van der Waals surface area contributed by atoms with E-state index in [0.717, 1.165) is 23.1 Å². The smallest absolute Gasteiger partial charge is 0.224 e. The van der Waals surface area contributed by atoms with Crippen LogP contribution in [0.4, 0.5) is 0 Å². The largest absolute Gasteiger partial charge is 0.497 e. The Labute approximate surface area is 114 Å². The number of hydrogen-bond donors (Lipinski definition) is 1. The lowest BCUT2D eigenvalue weighted by atomic mass is 9.95. The van der Waals surface area contributed by atoms with Crippen molar-refractivity contribution in [1.82, 2.24) is 5.32 Å². The van der Waals surface area contributed by atoms with Crippen molar-refractivity contribution in [1.29, 1.82) is 0 Å². The lowest BCUT2D eigenvalue weighted by Crippen LogP contribution is -2.39. The molecule has 0 radical (unpaired) electrons. The summed E-state index contributed by atoms with van der Waals surface area (Å²) in [5, 5.41) is 3.22. The van der Waals surface area contributed by atoms with Gasteiger partial charge in [0.1, 0.15) is 5.75 Å². The SMILES string of the molecule is COc1ccc(CC(=O)NC2CC3CCC2C3)cc1. The summed E-state index contributed by atoms with van der Waals surface area (Å²) in [5.41, 5.74) is 1.04. The van der Waals surface area contributed by atoms with Crippen molar-refractivity contribution < 1.29 is 9.53 Å². The van der Waals surface area contributed by atoms with Gasteiger partial charge in [0.25, 0.3) is 0 Å². The first-order chi connectivity index (χ1) is 9.24. The van der Waals surface area contributed by atoms with E-state index in [4.69, 9.17) is 4.74 Å². The van der Waals surface area contributed by atoms with Crippen molar-refractivity contribution in [2.45, 2.75) is 38.1 Å². The van der Waals surface area contributed by atoms with Crippen LogP contribution in [0.25, 0.3) is 0 Å². The minimum Gasteiger partial charge on any atom is -0.497 e. The van der Waals surface area contributed by atoms with E-state index in [2.05, 4.69) is 5.32 Å². The normalized spacial score (nSPS) is 28.4. The van der Waals surface area contributed by atoms with Crippen LogP contribution in [0.2, 0.25) is 0 Å². The minimum absolute atomic E-state index is 0.155. The van der Waals surface area contributed by atoms with Crippen LogP contribution in [0.15, 0.2) is 24.3 Å². The van der Waals surface area contributed by atoms with E-state index in [9.17, 15) is 4.79 Å². The molecule has 102 valence electrons. The molecule has 1 aromatic carbocycles. The van der Waals surface area contributed by atoms with Gasteiger partial charge in [-0.15, -0.1) is 0 Å². The molecule has 2 aliphatic carbocycles. The topological polar surface area (TPSA) is 38.3 Å². The van der Waals surface area contributed by atoms with Crippen LogP contribution in [0.3, 0.4) is 0 Å². The van der Waals surface area contributed by atoms with Gasteiger partial charge >= 0.3 is 0 Å². The Kier molecular flexibility index (Phi) is 3.45. The lowest BCUT2D eigenvalue weighted by Gasteiger charge is -2.22. The van der Waals surface area contributed by atoms with E-state index in [1.54, 1.807) is 7.11 Å². The summed E-state index contributed by atoms with van der Waals surface area (Å²) in [5.74, 6) is 2.60. The molecule has 3 atom stereocenters. The molecule has 2 fully saturated rings. The van der Waals surface area contributed by atoms with Gasteiger partial charge in [0.2, 0.25) is 5.91 Å². The maximum Gasteiger partial charge on any atom is 0.224 e. The molecule has 3 nitrogen and oxygen atoms in total. The monoisotopic (exact) mass is 259 g/mol. The highest BCUT2D eigenvalue weighted by atomic mass is 16.5. The molecule has 0 spiro atoms. The molecule has 1 aromatic rings. The van der Waals surface area contributed by atoms with Crippen molar-refractivity contribution in [3.63, 3.8) is 0 Å². The second-order valence-corrected chi connectivity index (χ2v) is 5.87. The Morgan fingerprint density at radius 1 is 1.26 bits per heavy atom. The highest BCUT2D eigenvalue weighted by Gasteiger charge is 2.39. The summed E-state index contributed by atoms with van der Waals surface area (Å²) in [7, 11) is 1.65. The number of carbonyl (C=O) groups excluding carboxylic acids is 1. The van der Waals surface area contributed by atoms with Gasteiger partial charge in [-0.05, 0) is 48.8 Å². The molecule has 2 bridgehead atoms. The molecular weight excluding hydrogens is 238 g/mol. The molecule has 2 saturated carbocycles. The third-order valence-corrected chi connectivity index (χ3v) is 4.61. The van der Waals surface area contributed by atoms with E-state index in [0.29, 0.717) is 12.5 Å². The summed E-state index contributed by atoms with van der Waals surface area (Å²) < 4.78 is 5.11. The first kappa shape index (κ1) is 12.5. The molecule has 0 heterocycles. The Bertz CT molecular complexity index is 454. The van der Waals surface area contributed by atoms with Crippen molar-refractivity contribution in [3.05, 3.63) is 29.8 Å². The van der Waals surface area contributed by atoms with Crippen LogP contribution in [-0.4, -0.2) is 19.1 Å². The number of rotatable bonds is 4. The fourth-order valence-electron chi connectivity index (χ4n) is 3.61. The second kappa shape index (κ2) is 5.24. The van der Waals surface area contributed by atoms with Gasteiger partial charge in [0.05, 0.1) is 13.5 Å². The van der Waals surface area contributed by atoms with Gasteiger partial charge in [-0.3, -0.25) is 4.79 Å². The standard InChI is InChI=1S/C16H21NO2/c1-19-14-6-3-11(4-7-14)10-16(18)17-15-9-12-2-5-13(15)8-12/h3-4,6-7,12-13,15H,2,5,8-10H2,1H3,(H,17,18). The molecule has 2 aliphatic rings. The third kappa shape index (κ3) is 2.75. The molecule has 0 saturated heterocycles. The number of fused-ring (bicyclic) bond motifs is 2. The van der Waals surface area contributed by atoms with Crippen molar-refractivity contribution in [2.24, 2.45) is 11.8 Å². The minimum atomic E-state index is 0.155. The number of nitrogens with one attached hydrogen (secondary N) is 1. The van der Waals surface area contributed by atoms with E-state index < -0.39 is 0 Å². The third-order valence-electron chi connectivity index (χ3n) is 4.61. The molecule has 3 unspecified atom stereocenters. The van der Waals surface area contributed by atoms with Gasteiger partial charge in [0.15, 0.2) is 0 Å². The van der Waals surface area contributed by atoms with Crippen LogP contribution in [0.1, 0.15) is 31.2 Å². The van der Waals surface area contributed by atoms with Gasteiger partial charge in [-0.2, -0.15) is 0 Å². The Morgan fingerprint density at radius 3 is 2.63 bits per heavy atom. The Hall–Kier alpha value is -1.51. The van der Waals surface area contributed by atoms with E-state index >= 15 is 0 Å². The van der Waals surface area contributed by atoms with Crippen LogP contribution >= 0.6 is 0 Å². The zero-order chi connectivity index (χ0) is 13.2. The predicted octanol–water partition coefficient (Wildman–Crippen LogP) is 2.54. The second-order valence-electron chi connectivity index (χ2n) is 5.87. The molecule has 3 heteroatoms. The number of ether oxygens (including phenoxy) is 1. The fraction of sp³-hybridized carbons (Fsp3) is 0.562. The van der Waals surface area contributed by atoms with Crippen LogP contribution in [-0.2, 0) is 11.2 Å². The first-order valence-electron chi connectivity index (χ1n) is 7.17. The van der Waals surface area contributed by atoms with Crippen molar-refractivity contribution >= 4 is 5.91 Å². The van der Waals surface area contributed by atoms with E-state index in [-0.39, 0.29) is 5.91 Å². The summed E-state index contributed by atoms with van der Waals surface area (Å²) in [4.78, 5) is 12.1. The Balaban J connectivity index is 1.53. The molecule has 3 rings (SSSR count).